The Morgan fingerprint density at radius 3 is 2.31 bits per heavy atom. The van der Waals surface area contributed by atoms with E-state index in [1.165, 1.54) is 19.6 Å². The van der Waals surface area contributed by atoms with Gasteiger partial charge in [-0.3, -0.25) is 9.69 Å². The molecule has 0 spiro atoms. The number of rotatable bonds is 12. The van der Waals surface area contributed by atoms with Gasteiger partial charge in [0.2, 0.25) is 0 Å². The summed E-state index contributed by atoms with van der Waals surface area (Å²) >= 11 is 0. The summed E-state index contributed by atoms with van der Waals surface area (Å²) < 4.78 is 66.6. The molecule has 0 amide bonds. The molecule has 4 saturated heterocycles. The smallest absolute Gasteiger partial charge is 0.305 e. The number of carbonyl (C=O) groups excluding carboxylic acids is 1. The first kappa shape index (κ1) is 33.9. The number of anilines is 1. The third kappa shape index (κ3) is 6.52. The maximum absolute atomic E-state index is 16.1. The highest BCUT2D eigenvalue weighted by molar-refractivity contribution is 7.92. The zero-order chi connectivity index (χ0) is 33.5. The molecule has 0 bridgehead atoms. The monoisotopic (exact) mass is 685 g/mol. The molecule has 5 aliphatic rings. The quantitative estimate of drug-likeness (QED) is 0.294. The fourth-order valence-electron chi connectivity index (χ4n) is 9.39. The van der Waals surface area contributed by atoms with E-state index in [1.807, 2.05) is 11.0 Å². The Balaban J connectivity index is 1.04. The largest absolute Gasteiger partial charge is 0.469 e. The molecular formula is C37H49F2N3O5S. The van der Waals surface area contributed by atoms with E-state index in [-0.39, 0.29) is 66.2 Å². The second kappa shape index (κ2) is 13.6. The molecule has 0 N–H and O–H groups in total. The van der Waals surface area contributed by atoms with Crippen LogP contribution in [-0.4, -0.2) is 108 Å². The third-order valence-electron chi connectivity index (χ3n) is 12.1. The molecule has 48 heavy (non-hydrogen) atoms. The van der Waals surface area contributed by atoms with E-state index in [1.54, 1.807) is 30.3 Å². The van der Waals surface area contributed by atoms with Crippen LogP contribution in [0.25, 0.3) is 0 Å². The van der Waals surface area contributed by atoms with Crippen LogP contribution in [0.5, 0.6) is 0 Å². The average Bonchev–Trinajstić information content (AvgIpc) is 3.47. The molecule has 2 aromatic rings. The summed E-state index contributed by atoms with van der Waals surface area (Å²) in [6.45, 7) is 5.87. The molecule has 11 heteroatoms. The molecule has 5 fully saturated rings. The van der Waals surface area contributed by atoms with Crippen LogP contribution in [0, 0.1) is 23.6 Å². The van der Waals surface area contributed by atoms with E-state index in [2.05, 4.69) is 15.9 Å². The fourth-order valence-corrected chi connectivity index (χ4v) is 10.8. The average molecular weight is 686 g/mol. The van der Waals surface area contributed by atoms with Gasteiger partial charge in [-0.05, 0) is 118 Å². The Morgan fingerprint density at radius 2 is 1.71 bits per heavy atom. The molecule has 0 radical (unpaired) electrons. The van der Waals surface area contributed by atoms with E-state index in [9.17, 15) is 17.6 Å². The number of ether oxygens (including phenoxy) is 2. The van der Waals surface area contributed by atoms with Gasteiger partial charge >= 0.3 is 5.97 Å². The topological polar surface area (TPSA) is 79.4 Å². The summed E-state index contributed by atoms with van der Waals surface area (Å²) in [5.41, 5.74) is 0.242. The zero-order valence-electron chi connectivity index (χ0n) is 28.0. The zero-order valence-corrected chi connectivity index (χ0v) is 28.8. The number of methoxy groups -OCH3 is 1. The normalized spacial score (nSPS) is 26.7. The molecule has 0 unspecified atom stereocenters. The predicted octanol–water partition coefficient (Wildman–Crippen LogP) is 4.86. The van der Waals surface area contributed by atoms with Gasteiger partial charge in [0.15, 0.2) is 15.5 Å². The summed E-state index contributed by atoms with van der Waals surface area (Å²) in [7, 11) is -1.94. The molecule has 2 aromatic carbocycles. The van der Waals surface area contributed by atoms with E-state index >= 15 is 4.39 Å². The maximum atomic E-state index is 16.1. The van der Waals surface area contributed by atoms with Crippen molar-refractivity contribution in [3.63, 3.8) is 0 Å². The van der Waals surface area contributed by atoms with E-state index in [4.69, 9.17) is 9.47 Å². The van der Waals surface area contributed by atoms with Crippen molar-refractivity contribution >= 4 is 21.5 Å². The van der Waals surface area contributed by atoms with Gasteiger partial charge in [-0.15, -0.1) is 0 Å². The van der Waals surface area contributed by atoms with Crippen LogP contribution in [0.4, 0.5) is 14.5 Å². The minimum Gasteiger partial charge on any atom is -0.469 e. The van der Waals surface area contributed by atoms with Crippen molar-refractivity contribution in [1.29, 1.82) is 0 Å². The number of halogens is 2. The van der Waals surface area contributed by atoms with Crippen molar-refractivity contribution in [3.05, 3.63) is 59.9 Å². The number of esters is 1. The highest BCUT2D eigenvalue weighted by Crippen LogP contribution is 2.54. The summed E-state index contributed by atoms with van der Waals surface area (Å²) in [5, 5.41) is -0.482. The minimum atomic E-state index is -3.40. The lowest BCUT2D eigenvalue weighted by Gasteiger charge is -2.54. The van der Waals surface area contributed by atoms with Gasteiger partial charge in [0.05, 0.1) is 38.3 Å². The molecule has 1 aliphatic carbocycles. The number of carbonyl (C=O) groups is 1. The molecule has 3 atom stereocenters. The van der Waals surface area contributed by atoms with Crippen molar-refractivity contribution in [3.8, 4) is 0 Å². The standard InChI is InChI=1S/C37H49F2N3O5S/c1-46-35(43)19-27-5-2-8-34(27)37(26-40-15-4-16-40,29-6-3-7-30(38)20-29)28-13-17-41(18-14-28)23-36(39)24-42(25-36)31-9-11-32(12-10-31)48(44,45)33-21-47-22-33/h3,6-7,9-12,20,27-28,33-34H,2,4-5,8,13-19,21-26H2,1H3/t27-,34+,37+/m1/s1. The first-order chi connectivity index (χ1) is 23.1. The summed E-state index contributed by atoms with van der Waals surface area (Å²) in [4.78, 5) is 19.6. The fraction of sp³-hybridized carbons (Fsp3) is 0.649. The van der Waals surface area contributed by atoms with Gasteiger partial charge in [0, 0.05) is 30.6 Å². The Hall–Kier alpha value is -2.60. The van der Waals surface area contributed by atoms with E-state index in [0.717, 1.165) is 76.1 Å². The lowest BCUT2D eigenvalue weighted by Crippen LogP contribution is -2.64. The van der Waals surface area contributed by atoms with Crippen molar-refractivity contribution in [2.45, 2.75) is 66.2 Å². The number of likely N-dealkylation sites (tertiary alicyclic amines) is 2. The summed E-state index contributed by atoms with van der Waals surface area (Å²) in [5.74, 6) is 0.322. The number of piperidine rings is 1. The SMILES string of the molecule is COC(=O)C[C@H]1CCC[C@@H]1[C@](CN1CCC1)(c1cccc(F)c1)C1CCN(CC2(F)CN(c3ccc(S(=O)(=O)C4COC4)cc3)C2)CC1. The van der Waals surface area contributed by atoms with Crippen LogP contribution >= 0.6 is 0 Å². The Labute approximate surface area is 283 Å². The van der Waals surface area contributed by atoms with Crippen molar-refractivity contribution < 1.29 is 31.5 Å². The van der Waals surface area contributed by atoms with Crippen LogP contribution < -0.4 is 4.90 Å². The Kier molecular flexibility index (Phi) is 9.60. The molecule has 8 nitrogen and oxygen atoms in total. The molecule has 4 heterocycles. The predicted molar refractivity (Wildman–Crippen MR) is 180 cm³/mol. The second-order valence-electron chi connectivity index (χ2n) is 15.0. The van der Waals surface area contributed by atoms with Gasteiger partial charge in [-0.25, -0.2) is 17.2 Å². The van der Waals surface area contributed by atoms with Gasteiger partial charge in [-0.1, -0.05) is 18.6 Å². The number of alkyl halides is 1. The first-order valence-corrected chi connectivity index (χ1v) is 19.3. The Bertz CT molecular complexity index is 1550. The van der Waals surface area contributed by atoms with Gasteiger partial charge in [-0.2, -0.15) is 0 Å². The van der Waals surface area contributed by atoms with E-state index in [0.29, 0.717) is 13.0 Å². The van der Waals surface area contributed by atoms with Crippen LogP contribution in [0.3, 0.4) is 0 Å². The van der Waals surface area contributed by atoms with E-state index < -0.39 is 20.8 Å². The van der Waals surface area contributed by atoms with Gasteiger partial charge in [0.25, 0.3) is 0 Å². The van der Waals surface area contributed by atoms with Crippen molar-refractivity contribution in [2.75, 3.05) is 77.6 Å². The second-order valence-corrected chi connectivity index (χ2v) is 17.2. The maximum Gasteiger partial charge on any atom is 0.305 e. The van der Waals surface area contributed by atoms with Crippen LogP contribution in [-0.2, 0) is 29.5 Å². The number of hydrogen-bond donors (Lipinski definition) is 0. The highest BCUT2D eigenvalue weighted by Gasteiger charge is 2.53. The van der Waals surface area contributed by atoms with Gasteiger partial charge in [0.1, 0.15) is 11.1 Å². The van der Waals surface area contributed by atoms with Crippen molar-refractivity contribution in [1.82, 2.24) is 9.80 Å². The number of benzene rings is 2. The highest BCUT2D eigenvalue weighted by atomic mass is 32.2. The third-order valence-corrected chi connectivity index (χ3v) is 14.2. The lowest BCUT2D eigenvalue weighted by atomic mass is 9.56. The molecular weight excluding hydrogens is 636 g/mol. The van der Waals surface area contributed by atoms with Crippen molar-refractivity contribution in [2.24, 2.45) is 17.8 Å². The molecule has 4 aliphatic heterocycles. The molecule has 262 valence electrons. The van der Waals surface area contributed by atoms with Crippen LogP contribution in [0.2, 0.25) is 0 Å². The molecule has 0 aromatic heterocycles. The summed E-state index contributed by atoms with van der Waals surface area (Å²) in [6.07, 6.45) is 6.40. The van der Waals surface area contributed by atoms with Crippen LogP contribution in [0.15, 0.2) is 53.4 Å². The molecule has 1 saturated carbocycles. The number of hydrogen-bond acceptors (Lipinski definition) is 8. The minimum absolute atomic E-state index is 0.175. The number of nitrogens with zero attached hydrogens (tertiary/aromatic N) is 3. The van der Waals surface area contributed by atoms with Gasteiger partial charge < -0.3 is 19.3 Å². The number of sulfone groups is 1. The first-order valence-electron chi connectivity index (χ1n) is 17.7. The lowest BCUT2D eigenvalue weighted by molar-refractivity contribution is -0.142. The molecule has 7 rings (SSSR count). The Morgan fingerprint density at radius 1 is 0.979 bits per heavy atom. The summed E-state index contributed by atoms with van der Waals surface area (Å²) in [6, 6.07) is 14.0. The van der Waals surface area contributed by atoms with Crippen LogP contribution in [0.1, 0.15) is 50.5 Å².